The standard InChI is InChI=1S/C15H18N4/c1-11-15(12(2)19(3)18-11)10-17-9-14-6-4-13(8-16)5-7-14/h4-7,17H,9-10H2,1-3H3. The van der Waals surface area contributed by atoms with Gasteiger partial charge in [-0.2, -0.15) is 10.4 Å². The molecule has 0 aliphatic rings. The lowest BCUT2D eigenvalue weighted by molar-refractivity contribution is 0.684. The summed E-state index contributed by atoms with van der Waals surface area (Å²) in [6.45, 7) is 5.72. The molecule has 4 nitrogen and oxygen atoms in total. The van der Waals surface area contributed by atoms with Crippen LogP contribution in [0.1, 0.15) is 28.1 Å². The maximum Gasteiger partial charge on any atom is 0.0991 e. The molecule has 0 unspecified atom stereocenters. The summed E-state index contributed by atoms with van der Waals surface area (Å²) in [5.74, 6) is 0. The molecule has 0 aliphatic carbocycles. The van der Waals surface area contributed by atoms with E-state index in [2.05, 4.69) is 23.4 Å². The summed E-state index contributed by atoms with van der Waals surface area (Å²) in [4.78, 5) is 0. The Bertz CT molecular complexity index is 602. The Balaban J connectivity index is 1.94. The minimum Gasteiger partial charge on any atom is -0.308 e. The molecular weight excluding hydrogens is 236 g/mol. The first kappa shape index (κ1) is 13.3. The molecule has 2 rings (SSSR count). The van der Waals surface area contributed by atoms with Gasteiger partial charge in [0, 0.05) is 31.4 Å². The first-order chi connectivity index (χ1) is 9.11. The van der Waals surface area contributed by atoms with Crippen LogP contribution in [0.3, 0.4) is 0 Å². The summed E-state index contributed by atoms with van der Waals surface area (Å²) in [7, 11) is 1.96. The third kappa shape index (κ3) is 3.01. The second kappa shape index (κ2) is 5.68. The largest absolute Gasteiger partial charge is 0.308 e. The van der Waals surface area contributed by atoms with E-state index in [1.54, 1.807) is 0 Å². The Morgan fingerprint density at radius 3 is 2.42 bits per heavy atom. The lowest BCUT2D eigenvalue weighted by Gasteiger charge is -2.06. The van der Waals surface area contributed by atoms with Crippen LogP contribution >= 0.6 is 0 Å². The van der Waals surface area contributed by atoms with Crippen LogP contribution in [0.2, 0.25) is 0 Å². The molecule has 2 aromatic rings. The van der Waals surface area contributed by atoms with Crippen molar-refractivity contribution in [2.24, 2.45) is 7.05 Å². The van der Waals surface area contributed by atoms with Gasteiger partial charge in [0.2, 0.25) is 0 Å². The van der Waals surface area contributed by atoms with Gasteiger partial charge >= 0.3 is 0 Å². The van der Waals surface area contributed by atoms with Gasteiger partial charge in [0.25, 0.3) is 0 Å². The molecule has 0 atom stereocenters. The van der Waals surface area contributed by atoms with Gasteiger partial charge in [-0.05, 0) is 31.5 Å². The Kier molecular flexibility index (Phi) is 3.98. The van der Waals surface area contributed by atoms with Crippen molar-refractivity contribution in [3.8, 4) is 6.07 Å². The third-order valence-corrected chi connectivity index (χ3v) is 3.37. The van der Waals surface area contributed by atoms with Crippen molar-refractivity contribution in [1.82, 2.24) is 15.1 Å². The number of hydrogen-bond donors (Lipinski definition) is 1. The van der Waals surface area contributed by atoms with Crippen LogP contribution in [-0.4, -0.2) is 9.78 Å². The molecule has 19 heavy (non-hydrogen) atoms. The first-order valence-electron chi connectivity index (χ1n) is 6.30. The molecule has 1 aromatic heterocycles. The molecule has 0 amide bonds. The monoisotopic (exact) mass is 254 g/mol. The summed E-state index contributed by atoms with van der Waals surface area (Å²) in [6.07, 6.45) is 0. The maximum absolute atomic E-state index is 8.74. The zero-order valence-electron chi connectivity index (χ0n) is 11.6. The molecule has 0 saturated carbocycles. The summed E-state index contributed by atoms with van der Waals surface area (Å²) in [6, 6.07) is 9.77. The van der Waals surface area contributed by atoms with Crippen molar-refractivity contribution in [2.75, 3.05) is 0 Å². The highest BCUT2D eigenvalue weighted by Gasteiger charge is 2.08. The SMILES string of the molecule is Cc1nn(C)c(C)c1CNCc1ccc(C#N)cc1. The normalized spacial score (nSPS) is 10.4. The minimum absolute atomic E-state index is 0.697. The van der Waals surface area contributed by atoms with Gasteiger partial charge in [-0.25, -0.2) is 0 Å². The Hall–Kier alpha value is -2.12. The molecule has 0 spiro atoms. The van der Waals surface area contributed by atoms with E-state index >= 15 is 0 Å². The highest BCUT2D eigenvalue weighted by Crippen LogP contribution is 2.11. The Morgan fingerprint density at radius 1 is 1.21 bits per heavy atom. The topological polar surface area (TPSA) is 53.6 Å². The van der Waals surface area contributed by atoms with Gasteiger partial charge in [-0.1, -0.05) is 12.1 Å². The molecule has 0 radical (unpaired) electrons. The smallest absolute Gasteiger partial charge is 0.0991 e. The quantitative estimate of drug-likeness (QED) is 0.910. The van der Waals surface area contributed by atoms with Gasteiger partial charge in [-0.15, -0.1) is 0 Å². The van der Waals surface area contributed by atoms with Crippen molar-refractivity contribution < 1.29 is 0 Å². The van der Waals surface area contributed by atoms with Crippen LogP contribution < -0.4 is 5.32 Å². The third-order valence-electron chi connectivity index (χ3n) is 3.37. The van der Waals surface area contributed by atoms with Crippen LogP contribution in [0.25, 0.3) is 0 Å². The van der Waals surface area contributed by atoms with Gasteiger partial charge in [0.05, 0.1) is 17.3 Å². The fourth-order valence-corrected chi connectivity index (χ4v) is 2.10. The van der Waals surface area contributed by atoms with Crippen molar-refractivity contribution >= 4 is 0 Å². The molecular formula is C15H18N4. The van der Waals surface area contributed by atoms with E-state index in [9.17, 15) is 0 Å². The van der Waals surface area contributed by atoms with Crippen LogP contribution in [-0.2, 0) is 20.1 Å². The van der Waals surface area contributed by atoms with Gasteiger partial charge in [0.1, 0.15) is 0 Å². The van der Waals surface area contributed by atoms with Gasteiger partial charge in [0.15, 0.2) is 0 Å². The lowest BCUT2D eigenvalue weighted by atomic mass is 10.1. The lowest BCUT2D eigenvalue weighted by Crippen LogP contribution is -2.13. The van der Waals surface area contributed by atoms with Crippen molar-refractivity contribution in [3.63, 3.8) is 0 Å². The average molecular weight is 254 g/mol. The average Bonchev–Trinajstić information content (AvgIpc) is 2.66. The number of hydrogen-bond acceptors (Lipinski definition) is 3. The molecule has 0 aliphatic heterocycles. The summed E-state index contributed by atoms with van der Waals surface area (Å²) >= 11 is 0. The van der Waals surface area contributed by atoms with Crippen LogP contribution in [0.4, 0.5) is 0 Å². The molecule has 1 aromatic carbocycles. The van der Waals surface area contributed by atoms with Gasteiger partial charge in [-0.3, -0.25) is 4.68 Å². The molecule has 0 fully saturated rings. The number of nitriles is 1. The summed E-state index contributed by atoms with van der Waals surface area (Å²) in [5, 5.41) is 16.6. The van der Waals surface area contributed by atoms with Gasteiger partial charge < -0.3 is 5.32 Å². The zero-order chi connectivity index (χ0) is 13.8. The highest BCUT2D eigenvalue weighted by molar-refractivity contribution is 5.31. The number of rotatable bonds is 4. The van der Waals surface area contributed by atoms with E-state index in [4.69, 9.17) is 5.26 Å². The second-order valence-corrected chi connectivity index (χ2v) is 4.69. The van der Waals surface area contributed by atoms with Crippen LogP contribution in [0, 0.1) is 25.2 Å². The van der Waals surface area contributed by atoms with E-state index < -0.39 is 0 Å². The molecule has 1 N–H and O–H groups in total. The molecule has 0 saturated heterocycles. The van der Waals surface area contributed by atoms with E-state index in [-0.39, 0.29) is 0 Å². The van der Waals surface area contributed by atoms with E-state index in [1.165, 1.54) is 16.8 Å². The van der Waals surface area contributed by atoms with E-state index in [0.29, 0.717) is 5.56 Å². The molecule has 98 valence electrons. The number of nitrogens with zero attached hydrogens (tertiary/aromatic N) is 3. The molecule has 4 heteroatoms. The first-order valence-corrected chi connectivity index (χ1v) is 6.30. The number of aryl methyl sites for hydroxylation is 2. The van der Waals surface area contributed by atoms with E-state index in [0.717, 1.165) is 18.8 Å². The number of benzene rings is 1. The zero-order valence-corrected chi connectivity index (χ0v) is 11.6. The highest BCUT2D eigenvalue weighted by atomic mass is 15.3. The Labute approximate surface area is 113 Å². The molecule has 1 heterocycles. The van der Waals surface area contributed by atoms with Crippen LogP contribution in [0.5, 0.6) is 0 Å². The fourth-order valence-electron chi connectivity index (χ4n) is 2.10. The van der Waals surface area contributed by atoms with E-state index in [1.807, 2.05) is 42.9 Å². The maximum atomic E-state index is 8.74. The van der Waals surface area contributed by atoms with Crippen molar-refractivity contribution in [3.05, 3.63) is 52.3 Å². The number of aromatic nitrogens is 2. The van der Waals surface area contributed by atoms with Crippen molar-refractivity contribution in [2.45, 2.75) is 26.9 Å². The minimum atomic E-state index is 0.697. The fraction of sp³-hybridized carbons (Fsp3) is 0.333. The van der Waals surface area contributed by atoms with Crippen LogP contribution in [0.15, 0.2) is 24.3 Å². The molecule has 0 bridgehead atoms. The van der Waals surface area contributed by atoms with Crippen molar-refractivity contribution in [1.29, 1.82) is 5.26 Å². The predicted molar refractivity (Wildman–Crippen MR) is 74.4 cm³/mol. The summed E-state index contributed by atoms with van der Waals surface area (Å²) < 4.78 is 1.91. The second-order valence-electron chi connectivity index (χ2n) is 4.69. The Morgan fingerprint density at radius 2 is 1.89 bits per heavy atom. The summed E-state index contributed by atoms with van der Waals surface area (Å²) in [5.41, 5.74) is 5.41. The number of nitrogens with one attached hydrogen (secondary N) is 1. The predicted octanol–water partition coefficient (Wildman–Crippen LogP) is 2.20.